The Kier molecular flexibility index (Phi) is 8.39. The van der Waals surface area contributed by atoms with Crippen molar-refractivity contribution in [1.82, 2.24) is 5.32 Å². The summed E-state index contributed by atoms with van der Waals surface area (Å²) in [5, 5.41) is 16.6. The van der Waals surface area contributed by atoms with Crippen LogP contribution in [-0.2, 0) is 9.36 Å². The number of carboxylic acid groups (broad SMARTS) is 1. The van der Waals surface area contributed by atoms with Gasteiger partial charge in [0.2, 0.25) is 0 Å². The maximum atomic E-state index is 10.1. The first-order valence-electron chi connectivity index (χ1n) is 2.65. The first-order valence-corrected chi connectivity index (χ1v) is 4.44. The molecule has 0 aliphatic heterocycles. The van der Waals surface area contributed by atoms with Crippen LogP contribution >= 0.6 is 7.60 Å². The minimum absolute atomic E-state index is 0.439. The average molecular weight is 202 g/mol. The van der Waals surface area contributed by atoms with Gasteiger partial charge in [-0.3, -0.25) is 14.7 Å². The molecule has 7 N–H and O–H groups in total. The summed E-state index contributed by atoms with van der Waals surface area (Å²) in [6.45, 7) is -0.439. The van der Waals surface area contributed by atoms with Gasteiger partial charge in [0.1, 0.15) is 0 Å². The van der Waals surface area contributed by atoms with Crippen LogP contribution in [0.1, 0.15) is 0 Å². The monoisotopic (exact) mass is 202 g/mol. The average Bonchev–Trinajstić information content (AvgIpc) is 1.88. The molecular weight excluding hydrogens is 191 g/mol. The minimum atomic E-state index is -4.10. The zero-order valence-corrected chi connectivity index (χ0v) is 6.94. The van der Waals surface area contributed by atoms with Gasteiger partial charge < -0.3 is 20.1 Å². The van der Waals surface area contributed by atoms with E-state index in [4.69, 9.17) is 20.1 Å². The maximum Gasteiger partial charge on any atom is 0.339 e. The summed E-state index contributed by atoms with van der Waals surface area (Å²) in [5.41, 5.74) is 0. The number of hydrogen-bond acceptors (Lipinski definition) is 5. The predicted octanol–water partition coefficient (Wildman–Crippen LogP) is -1.87. The Balaban J connectivity index is 0. The summed E-state index contributed by atoms with van der Waals surface area (Å²) in [7, 11) is -4.10. The van der Waals surface area contributed by atoms with Gasteiger partial charge in [-0.25, -0.2) is 5.90 Å². The first kappa shape index (κ1) is 14.0. The summed E-state index contributed by atoms with van der Waals surface area (Å²) in [5.74, 6) is 2.36. The van der Waals surface area contributed by atoms with Crippen LogP contribution < -0.4 is 11.2 Å². The largest absolute Gasteiger partial charge is 0.480 e. The van der Waals surface area contributed by atoms with E-state index in [1.54, 1.807) is 0 Å². The van der Waals surface area contributed by atoms with Crippen molar-refractivity contribution in [3.05, 3.63) is 0 Å². The molecule has 0 spiro atoms. The molecule has 0 aromatic carbocycles. The summed E-state index contributed by atoms with van der Waals surface area (Å²) in [4.78, 5) is 26.1. The molecule has 8 nitrogen and oxygen atoms in total. The number of nitrogens with one attached hydrogen (secondary N) is 1. The zero-order valence-electron chi connectivity index (χ0n) is 6.04. The van der Waals surface area contributed by atoms with E-state index in [1.165, 1.54) is 0 Å². The standard InChI is InChI=1S/C3H8NO5P.H3NO/c5-3(6)1-4-2-10(7,8)9;1-2/h4H,1-2H2,(H,5,6)(H2,7,8,9);2H,1H2. The molecule has 74 valence electrons. The highest BCUT2D eigenvalue weighted by Crippen LogP contribution is 2.31. The third kappa shape index (κ3) is 16.2. The van der Waals surface area contributed by atoms with Crippen molar-refractivity contribution in [3.63, 3.8) is 0 Å². The van der Waals surface area contributed by atoms with Crippen molar-refractivity contribution in [3.8, 4) is 0 Å². The van der Waals surface area contributed by atoms with Crippen molar-refractivity contribution in [2.75, 3.05) is 12.8 Å². The third-order valence-electron chi connectivity index (χ3n) is 0.594. The highest BCUT2D eigenvalue weighted by atomic mass is 31.2. The Bertz CT molecular complexity index is 166. The SMILES string of the molecule is NO.O=C(O)CNCP(=O)(O)O. The van der Waals surface area contributed by atoms with E-state index in [2.05, 4.69) is 11.2 Å². The number of carbonyl (C=O) groups is 1. The van der Waals surface area contributed by atoms with Crippen LogP contribution in [0.15, 0.2) is 0 Å². The fourth-order valence-electron chi connectivity index (χ4n) is 0.308. The van der Waals surface area contributed by atoms with E-state index >= 15 is 0 Å². The second kappa shape index (κ2) is 7.17. The van der Waals surface area contributed by atoms with E-state index in [9.17, 15) is 9.36 Å². The number of nitrogens with two attached hydrogens (primary N) is 1. The molecule has 0 radical (unpaired) electrons. The van der Waals surface area contributed by atoms with E-state index in [-0.39, 0.29) is 0 Å². The van der Waals surface area contributed by atoms with Crippen molar-refractivity contribution in [2.24, 2.45) is 5.90 Å². The summed E-state index contributed by atoms with van der Waals surface area (Å²) >= 11 is 0. The molecule has 0 aliphatic carbocycles. The van der Waals surface area contributed by atoms with Crippen LogP contribution in [0, 0.1) is 0 Å². The van der Waals surface area contributed by atoms with Gasteiger partial charge in [-0.2, -0.15) is 0 Å². The minimum Gasteiger partial charge on any atom is -0.480 e. The lowest BCUT2D eigenvalue weighted by molar-refractivity contribution is -0.135. The third-order valence-corrected chi connectivity index (χ3v) is 1.23. The summed E-state index contributed by atoms with van der Waals surface area (Å²) < 4.78 is 10.1. The first-order chi connectivity index (χ1) is 5.42. The van der Waals surface area contributed by atoms with Gasteiger partial charge in [0.05, 0.1) is 12.8 Å². The smallest absolute Gasteiger partial charge is 0.339 e. The van der Waals surface area contributed by atoms with Crippen molar-refractivity contribution in [1.29, 1.82) is 0 Å². The lowest BCUT2D eigenvalue weighted by Crippen LogP contribution is -2.23. The molecule has 0 heterocycles. The lowest BCUT2D eigenvalue weighted by Gasteiger charge is -2.02. The Morgan fingerprint density at radius 1 is 1.42 bits per heavy atom. The van der Waals surface area contributed by atoms with Gasteiger partial charge in [0.25, 0.3) is 0 Å². The van der Waals surface area contributed by atoms with Crippen molar-refractivity contribution < 1.29 is 29.5 Å². The quantitative estimate of drug-likeness (QED) is 0.229. The van der Waals surface area contributed by atoms with Crippen molar-refractivity contribution >= 4 is 13.6 Å². The van der Waals surface area contributed by atoms with Gasteiger partial charge in [-0.15, -0.1) is 0 Å². The highest BCUT2D eigenvalue weighted by Gasteiger charge is 2.11. The molecule has 9 heteroatoms. The molecule has 12 heavy (non-hydrogen) atoms. The van der Waals surface area contributed by atoms with E-state index < -0.39 is 26.4 Å². The highest BCUT2D eigenvalue weighted by molar-refractivity contribution is 7.51. The van der Waals surface area contributed by atoms with Crippen LogP contribution in [0.5, 0.6) is 0 Å². The fraction of sp³-hybridized carbons (Fsp3) is 0.667. The summed E-state index contributed by atoms with van der Waals surface area (Å²) in [6.07, 6.45) is -0.598. The lowest BCUT2D eigenvalue weighted by atomic mass is 10.7. The molecule has 0 bridgehead atoms. The molecule has 0 aromatic heterocycles. The van der Waals surface area contributed by atoms with Crippen LogP contribution in [0.4, 0.5) is 0 Å². The van der Waals surface area contributed by atoms with Gasteiger partial charge >= 0.3 is 13.6 Å². The van der Waals surface area contributed by atoms with E-state index in [1.807, 2.05) is 0 Å². The molecule has 0 saturated carbocycles. The Morgan fingerprint density at radius 2 is 1.83 bits per heavy atom. The number of hydrogen-bond donors (Lipinski definition) is 6. The Hall–Kier alpha value is -0.500. The maximum absolute atomic E-state index is 10.1. The van der Waals surface area contributed by atoms with Crippen LogP contribution in [0.25, 0.3) is 0 Å². The second-order valence-corrected chi connectivity index (χ2v) is 3.29. The molecule has 0 rings (SSSR count). The van der Waals surface area contributed by atoms with Crippen molar-refractivity contribution in [2.45, 2.75) is 0 Å². The normalized spacial score (nSPS) is 10.0. The number of rotatable bonds is 4. The summed E-state index contributed by atoms with van der Waals surface area (Å²) in [6, 6.07) is 0. The van der Waals surface area contributed by atoms with E-state index in [0.717, 1.165) is 0 Å². The van der Waals surface area contributed by atoms with Gasteiger partial charge in [-0.05, 0) is 0 Å². The van der Waals surface area contributed by atoms with E-state index in [0.29, 0.717) is 0 Å². The molecule has 0 fully saturated rings. The Labute approximate surface area is 68.1 Å². The van der Waals surface area contributed by atoms with Crippen LogP contribution in [0.3, 0.4) is 0 Å². The fourth-order valence-corrected chi connectivity index (χ4v) is 0.712. The molecule has 0 saturated heterocycles. The molecule has 0 aliphatic rings. The van der Waals surface area contributed by atoms with Gasteiger partial charge in [0, 0.05) is 0 Å². The zero-order chi connectivity index (χ0) is 10.2. The molecule has 0 unspecified atom stereocenters. The van der Waals surface area contributed by atoms with Crippen LogP contribution in [0.2, 0.25) is 0 Å². The number of carboxylic acids is 1. The Morgan fingerprint density at radius 3 is 2.08 bits per heavy atom. The number of aliphatic carboxylic acids is 1. The van der Waals surface area contributed by atoms with Gasteiger partial charge in [-0.1, -0.05) is 0 Å². The molecule has 0 aromatic rings. The molecule has 0 amide bonds. The molecular formula is C3H11N2O6P. The van der Waals surface area contributed by atoms with Crippen LogP contribution in [-0.4, -0.2) is 38.9 Å². The molecule has 0 atom stereocenters. The van der Waals surface area contributed by atoms with Gasteiger partial charge in [0.15, 0.2) is 0 Å². The second-order valence-electron chi connectivity index (χ2n) is 1.64. The predicted molar refractivity (Wildman–Crippen MR) is 38.5 cm³/mol. The topological polar surface area (TPSA) is 153 Å².